The summed E-state index contributed by atoms with van der Waals surface area (Å²) < 4.78 is 40.6. The highest BCUT2D eigenvalue weighted by Gasteiger charge is 2.51. The molecule has 71 heavy (non-hydrogen) atoms. The van der Waals surface area contributed by atoms with Crippen molar-refractivity contribution in [1.82, 2.24) is 39.8 Å². The van der Waals surface area contributed by atoms with E-state index in [1.54, 1.807) is 29.9 Å². The van der Waals surface area contributed by atoms with Crippen LogP contribution in [0.1, 0.15) is 89.7 Å². The second kappa shape index (κ2) is 17.6. The zero-order valence-corrected chi connectivity index (χ0v) is 40.6. The van der Waals surface area contributed by atoms with E-state index < -0.39 is 23.3 Å². The minimum absolute atomic E-state index is 0.0223. The number of benzene rings is 3. The standard InChI is InChI=1S/C54H62F2N10O5/c1-3-38-41(55)7-5-33-24-37(67)25-39(45(33)38)47-46(56)48-40(29-57-47)49(65-16-4-11-52(2,70)30-65)61-51(60-48)71-32-54(12-13-54)31-62-17-14-53(15-18-62)26-36(27-53)64-21-19-63(20-22-64)35-6-8-42-34(23-35)28-58-66(42)43-9-10-44(68)59-50(43)69/h5-8,23-25,28-29,36,43,67,70H,3-4,9-22,26-27,30-32H2,1-2H3,(H,59,68,69)/t43?,52-/m1/s1. The number of ether oxygens (including phenoxy) is 1. The fourth-order valence-electron chi connectivity index (χ4n) is 12.7. The number of piperazine rings is 1. The third-order valence-corrected chi connectivity index (χ3v) is 16.9. The highest BCUT2D eigenvalue weighted by atomic mass is 19.1. The maximum Gasteiger partial charge on any atom is 0.319 e. The van der Waals surface area contributed by atoms with E-state index >= 15 is 8.78 Å². The Morgan fingerprint density at radius 2 is 1.69 bits per heavy atom. The number of rotatable bonds is 11. The Balaban J connectivity index is 0.684. The molecule has 6 aliphatic rings. The largest absolute Gasteiger partial charge is 0.508 e. The van der Waals surface area contributed by atoms with Crippen molar-refractivity contribution in [3.8, 4) is 23.0 Å². The molecule has 3 aromatic carbocycles. The van der Waals surface area contributed by atoms with Crippen molar-refractivity contribution in [3.05, 3.63) is 72.1 Å². The number of aromatic nitrogens is 5. The molecule has 15 nitrogen and oxygen atoms in total. The number of aromatic hydroxyl groups is 1. The Morgan fingerprint density at radius 3 is 2.44 bits per heavy atom. The quantitative estimate of drug-likeness (QED) is 0.111. The van der Waals surface area contributed by atoms with Crippen LogP contribution in [0.2, 0.25) is 0 Å². The average molecular weight is 969 g/mol. The number of phenols is 1. The van der Waals surface area contributed by atoms with Gasteiger partial charge in [0.05, 0.1) is 29.3 Å². The number of hydrogen-bond donors (Lipinski definition) is 3. The first kappa shape index (κ1) is 46.1. The lowest BCUT2D eigenvalue weighted by Crippen LogP contribution is -2.59. The van der Waals surface area contributed by atoms with Crippen molar-refractivity contribution < 1.29 is 33.3 Å². The Hall–Kier alpha value is -6.04. The number of pyridine rings is 1. The van der Waals surface area contributed by atoms with Gasteiger partial charge in [-0.2, -0.15) is 15.1 Å². The highest BCUT2D eigenvalue weighted by molar-refractivity contribution is 6.02. The zero-order valence-electron chi connectivity index (χ0n) is 40.6. The second-order valence-electron chi connectivity index (χ2n) is 22.0. The number of β-amino-alcohol motifs (C(OH)–C–C–N with tert-alkyl or cyclic N) is 1. The van der Waals surface area contributed by atoms with Gasteiger partial charge in [0, 0.05) is 86.5 Å². The number of anilines is 2. The molecule has 1 spiro atoms. The third-order valence-electron chi connectivity index (χ3n) is 16.9. The summed E-state index contributed by atoms with van der Waals surface area (Å²) in [5, 5.41) is 31.3. The van der Waals surface area contributed by atoms with E-state index in [1.165, 1.54) is 43.5 Å². The first-order valence-electron chi connectivity index (χ1n) is 25.7. The SMILES string of the molecule is CCc1c(F)ccc2cc(O)cc(-c3ncc4c(N5CCC[C@@](C)(O)C5)nc(OCC5(CN6CCC7(CC6)CC(N6CCN(c8ccc9c(cnn9C9CCC(=O)NC9=O)c8)CC6)C7)CC5)nc4c3F)c12. The fourth-order valence-corrected chi connectivity index (χ4v) is 12.7. The number of fused-ring (bicyclic) bond motifs is 3. The van der Waals surface area contributed by atoms with Crippen LogP contribution >= 0.6 is 0 Å². The summed E-state index contributed by atoms with van der Waals surface area (Å²) in [4.78, 5) is 48.1. The molecule has 4 saturated heterocycles. The number of nitrogens with zero attached hydrogens (tertiary/aromatic N) is 9. The van der Waals surface area contributed by atoms with Gasteiger partial charge in [-0.05, 0) is 142 Å². The minimum Gasteiger partial charge on any atom is -0.508 e. The molecule has 2 atom stereocenters. The highest BCUT2D eigenvalue weighted by Crippen LogP contribution is 2.53. The van der Waals surface area contributed by atoms with Gasteiger partial charge < -0.3 is 29.6 Å². The van der Waals surface area contributed by atoms with Gasteiger partial charge in [0.1, 0.15) is 34.6 Å². The monoisotopic (exact) mass is 968 g/mol. The van der Waals surface area contributed by atoms with Crippen LogP contribution in [0.15, 0.2) is 54.9 Å². The number of likely N-dealkylation sites (tertiary alicyclic amines) is 1. The van der Waals surface area contributed by atoms with Crippen molar-refractivity contribution in [2.45, 2.75) is 102 Å². The van der Waals surface area contributed by atoms with Gasteiger partial charge in [0.2, 0.25) is 5.91 Å². The number of imide groups is 1. The van der Waals surface area contributed by atoms with Gasteiger partial charge in [-0.25, -0.2) is 8.78 Å². The summed E-state index contributed by atoms with van der Waals surface area (Å²) in [5.41, 5.74) is 2.15. The number of halogens is 2. The molecule has 4 aliphatic heterocycles. The van der Waals surface area contributed by atoms with Crippen LogP contribution < -0.4 is 19.9 Å². The molecule has 0 bridgehead atoms. The molecule has 7 heterocycles. The van der Waals surface area contributed by atoms with Crippen molar-refractivity contribution >= 4 is 55.9 Å². The van der Waals surface area contributed by atoms with E-state index in [0.29, 0.717) is 84.4 Å². The molecule has 17 heteroatoms. The van der Waals surface area contributed by atoms with Gasteiger partial charge in [0.25, 0.3) is 5.91 Å². The van der Waals surface area contributed by atoms with Crippen LogP contribution in [0.5, 0.6) is 11.8 Å². The summed E-state index contributed by atoms with van der Waals surface area (Å²) >= 11 is 0. The van der Waals surface area contributed by atoms with Crippen LogP contribution in [0.3, 0.4) is 0 Å². The van der Waals surface area contributed by atoms with E-state index in [9.17, 15) is 19.8 Å². The second-order valence-corrected chi connectivity index (χ2v) is 22.0. The number of carbonyl (C=O) groups is 2. The summed E-state index contributed by atoms with van der Waals surface area (Å²) in [6.45, 7) is 12.0. The number of aryl methyl sites for hydroxylation is 1. The molecule has 1 unspecified atom stereocenters. The first-order chi connectivity index (χ1) is 34.3. The molecule has 6 fully saturated rings. The van der Waals surface area contributed by atoms with Gasteiger partial charge in [-0.3, -0.25) is 29.5 Å². The molecule has 12 rings (SSSR count). The lowest BCUT2D eigenvalue weighted by Gasteiger charge is -2.56. The lowest BCUT2D eigenvalue weighted by molar-refractivity contribution is -0.135. The average Bonchev–Trinajstić information content (AvgIpc) is 3.99. The van der Waals surface area contributed by atoms with E-state index in [0.717, 1.165) is 76.0 Å². The maximum atomic E-state index is 17.2. The Kier molecular flexibility index (Phi) is 11.4. The Labute approximate surface area is 411 Å². The number of aliphatic hydroxyl groups is 1. The molecule has 6 aromatic rings. The number of amides is 2. The van der Waals surface area contributed by atoms with Gasteiger partial charge >= 0.3 is 6.01 Å². The third kappa shape index (κ3) is 8.60. The molecule has 2 aliphatic carbocycles. The molecule has 0 radical (unpaired) electrons. The fraction of sp³-hybridized carbons (Fsp3) is 0.519. The van der Waals surface area contributed by atoms with Crippen molar-refractivity contribution in [1.29, 1.82) is 0 Å². The summed E-state index contributed by atoms with van der Waals surface area (Å²) in [5.74, 6) is -1.27. The molecule has 3 N–H and O–H groups in total. The summed E-state index contributed by atoms with van der Waals surface area (Å²) in [7, 11) is 0. The summed E-state index contributed by atoms with van der Waals surface area (Å²) in [6, 6.07) is 12.5. The number of hydrogen-bond acceptors (Lipinski definition) is 13. The van der Waals surface area contributed by atoms with E-state index in [4.69, 9.17) is 14.7 Å². The molecule has 2 saturated carbocycles. The van der Waals surface area contributed by atoms with Crippen LogP contribution in [0.4, 0.5) is 20.3 Å². The zero-order chi connectivity index (χ0) is 48.8. The van der Waals surface area contributed by atoms with Gasteiger partial charge in [-0.15, -0.1) is 0 Å². The molecule has 3 aromatic heterocycles. The first-order valence-corrected chi connectivity index (χ1v) is 25.7. The molecular weight excluding hydrogens is 907 g/mol. The van der Waals surface area contributed by atoms with Crippen molar-refractivity contribution in [2.75, 3.05) is 75.3 Å². The smallest absolute Gasteiger partial charge is 0.319 e. The van der Waals surface area contributed by atoms with Crippen molar-refractivity contribution in [2.24, 2.45) is 10.8 Å². The van der Waals surface area contributed by atoms with E-state index in [1.807, 2.05) is 18.0 Å². The number of phenolic OH excluding ortho intramolecular Hbond substituents is 1. The van der Waals surface area contributed by atoms with Crippen LogP contribution in [-0.2, 0) is 16.0 Å². The predicted octanol–water partition coefficient (Wildman–Crippen LogP) is 7.30. The van der Waals surface area contributed by atoms with Crippen LogP contribution in [0.25, 0.3) is 43.8 Å². The van der Waals surface area contributed by atoms with E-state index in [-0.39, 0.29) is 45.8 Å². The van der Waals surface area contributed by atoms with Gasteiger partial charge in [-0.1, -0.05) is 13.0 Å². The maximum absolute atomic E-state index is 17.2. The topological polar surface area (TPSA) is 165 Å². The molecule has 372 valence electrons. The number of carbonyl (C=O) groups excluding carboxylic acids is 2. The molecular formula is C54H62F2N10O5. The number of nitrogens with one attached hydrogen (secondary N) is 1. The van der Waals surface area contributed by atoms with Gasteiger partial charge in [0.15, 0.2) is 5.82 Å². The van der Waals surface area contributed by atoms with Crippen LogP contribution in [-0.4, -0.2) is 134 Å². The predicted molar refractivity (Wildman–Crippen MR) is 267 cm³/mol. The van der Waals surface area contributed by atoms with E-state index in [2.05, 4.69) is 48.3 Å². The lowest BCUT2D eigenvalue weighted by atomic mass is 9.60. The van der Waals surface area contributed by atoms with Crippen molar-refractivity contribution in [3.63, 3.8) is 0 Å². The number of piperidine rings is 3. The minimum atomic E-state index is -0.959. The molecule has 2 amide bonds. The Morgan fingerprint density at radius 1 is 0.887 bits per heavy atom. The van der Waals surface area contributed by atoms with Crippen LogP contribution in [0, 0.1) is 22.5 Å². The Bertz CT molecular complexity index is 3080. The normalized spacial score (nSPS) is 24.0. The summed E-state index contributed by atoms with van der Waals surface area (Å²) in [6.07, 6.45) is 12.8.